The third-order valence-electron chi connectivity index (χ3n) is 5.35. The van der Waals surface area contributed by atoms with Crippen LogP contribution in [0, 0.1) is 18.8 Å². The fraction of sp³-hybridized carbons (Fsp3) is 0.600. The number of hydrogen-bond donors (Lipinski definition) is 0. The molecule has 2 rings (SSSR count). The lowest BCUT2D eigenvalue weighted by Gasteiger charge is -2.44. The number of piperidine rings is 1. The molecule has 5 heteroatoms. The van der Waals surface area contributed by atoms with Gasteiger partial charge in [0, 0.05) is 20.7 Å². The highest BCUT2D eigenvalue weighted by atomic mass is 32.2. The smallest absolute Gasteiger partial charge is 0.207 e. The van der Waals surface area contributed by atoms with Gasteiger partial charge in [0.1, 0.15) is 0 Å². The van der Waals surface area contributed by atoms with Crippen LogP contribution >= 0.6 is 0 Å². The molecular weight excluding hydrogens is 346 g/mol. The van der Waals surface area contributed by atoms with Gasteiger partial charge in [-0.25, -0.2) is 8.42 Å². The summed E-state index contributed by atoms with van der Waals surface area (Å²) < 4.78 is 28.2. The maximum absolute atomic E-state index is 13.2. The van der Waals surface area contributed by atoms with Gasteiger partial charge < -0.3 is 0 Å². The highest BCUT2D eigenvalue weighted by Gasteiger charge is 2.41. The van der Waals surface area contributed by atoms with Crippen molar-refractivity contribution in [3.8, 4) is 0 Å². The summed E-state index contributed by atoms with van der Waals surface area (Å²) in [6, 6.07) is 8.48. The van der Waals surface area contributed by atoms with Crippen molar-refractivity contribution < 1.29 is 8.42 Å². The van der Waals surface area contributed by atoms with Crippen LogP contribution in [0.1, 0.15) is 25.3 Å². The number of aryl methyl sites for hydroxylation is 1. The van der Waals surface area contributed by atoms with E-state index < -0.39 is 18.1 Å². The van der Waals surface area contributed by atoms with Crippen LogP contribution in [0.25, 0.3) is 0 Å². The van der Waals surface area contributed by atoms with E-state index in [9.17, 15) is 8.42 Å². The number of benzene rings is 1. The molecule has 0 amide bonds. The van der Waals surface area contributed by atoms with Crippen LogP contribution < -0.4 is 0 Å². The molecule has 0 N–H and O–H groups in total. The Morgan fingerprint density at radius 2 is 1.84 bits per heavy atom. The Bertz CT molecular complexity index is 691. The monoisotopic (exact) mass is 379 g/mol. The van der Waals surface area contributed by atoms with Gasteiger partial charge >= 0.3 is 0 Å². The number of sulfonamides is 1. The van der Waals surface area contributed by atoms with E-state index in [1.165, 1.54) is 6.04 Å². The van der Waals surface area contributed by atoms with E-state index in [4.69, 9.17) is 0 Å². The van der Waals surface area contributed by atoms with Gasteiger partial charge in [0.25, 0.3) is 0 Å². The largest absolute Gasteiger partial charge is 0.243 e. The Labute approximate surface area is 155 Å². The molecule has 1 aromatic rings. The topological polar surface area (TPSA) is 37.4 Å². The van der Waals surface area contributed by atoms with Crippen LogP contribution in [-0.2, 0) is 10.0 Å². The molecule has 3 atom stereocenters. The van der Waals surface area contributed by atoms with E-state index in [1.54, 1.807) is 16.4 Å². The van der Waals surface area contributed by atoms with Crippen molar-refractivity contribution in [2.24, 2.45) is 11.8 Å². The predicted octanol–water partition coefficient (Wildman–Crippen LogP) is 4.92. The zero-order valence-electron chi connectivity index (χ0n) is 16.3. The average Bonchev–Trinajstić information content (AvgIpc) is 2.50. The van der Waals surface area contributed by atoms with Crippen LogP contribution in [0.15, 0.2) is 41.8 Å². The molecule has 0 aliphatic carbocycles. The first-order valence-corrected chi connectivity index (χ1v) is 14.4. The summed E-state index contributed by atoms with van der Waals surface area (Å²) in [6.45, 7) is 15.9. The third kappa shape index (κ3) is 4.83. The molecule has 1 fully saturated rings. The number of nitrogens with zero attached hydrogens (tertiary/aromatic N) is 1. The highest BCUT2D eigenvalue weighted by Crippen LogP contribution is 2.38. The van der Waals surface area contributed by atoms with Gasteiger partial charge in [0.05, 0.1) is 4.90 Å². The van der Waals surface area contributed by atoms with E-state index in [0.717, 1.165) is 12.0 Å². The van der Waals surface area contributed by atoms with Gasteiger partial charge in [-0.2, -0.15) is 4.31 Å². The number of hydrogen-bond acceptors (Lipinski definition) is 2. The SMILES string of the molecule is C=CC[C@@H]1[C@@H](C)[C@@H](C[Si](C)(C)C)CCN1S(=O)(=O)c1ccc(C)cc1. The Morgan fingerprint density at radius 1 is 1.24 bits per heavy atom. The van der Waals surface area contributed by atoms with Crippen molar-refractivity contribution in [3.63, 3.8) is 0 Å². The molecular formula is C20H33NO2SSi. The van der Waals surface area contributed by atoms with Crippen LogP contribution in [0.2, 0.25) is 25.7 Å². The van der Waals surface area contributed by atoms with Crippen molar-refractivity contribution >= 4 is 18.1 Å². The molecule has 1 aliphatic rings. The molecule has 1 aromatic carbocycles. The fourth-order valence-corrected chi connectivity index (χ4v) is 7.90. The van der Waals surface area contributed by atoms with Gasteiger partial charge in [0.15, 0.2) is 0 Å². The molecule has 0 bridgehead atoms. The van der Waals surface area contributed by atoms with E-state index in [0.29, 0.717) is 29.7 Å². The van der Waals surface area contributed by atoms with E-state index >= 15 is 0 Å². The van der Waals surface area contributed by atoms with Gasteiger partial charge in [-0.3, -0.25) is 0 Å². The molecule has 0 unspecified atom stereocenters. The first kappa shape index (κ1) is 20.4. The van der Waals surface area contributed by atoms with E-state index in [1.807, 2.05) is 25.1 Å². The molecule has 1 aliphatic heterocycles. The van der Waals surface area contributed by atoms with Crippen LogP contribution in [0.3, 0.4) is 0 Å². The molecule has 0 saturated carbocycles. The fourth-order valence-electron chi connectivity index (χ4n) is 4.02. The number of rotatable bonds is 6. The zero-order valence-corrected chi connectivity index (χ0v) is 18.1. The van der Waals surface area contributed by atoms with Gasteiger partial charge in [-0.15, -0.1) is 6.58 Å². The molecule has 140 valence electrons. The molecule has 0 radical (unpaired) electrons. The molecule has 0 spiro atoms. The summed E-state index contributed by atoms with van der Waals surface area (Å²) in [6.07, 6.45) is 3.55. The van der Waals surface area contributed by atoms with E-state index in [2.05, 4.69) is 33.1 Å². The summed E-state index contributed by atoms with van der Waals surface area (Å²) in [7, 11) is -4.62. The summed E-state index contributed by atoms with van der Waals surface area (Å²) in [5.41, 5.74) is 1.07. The van der Waals surface area contributed by atoms with Crippen LogP contribution in [-0.4, -0.2) is 33.4 Å². The quantitative estimate of drug-likeness (QED) is 0.519. The minimum absolute atomic E-state index is 0.0129. The minimum Gasteiger partial charge on any atom is -0.207 e. The lowest BCUT2D eigenvalue weighted by molar-refractivity contribution is 0.134. The van der Waals surface area contributed by atoms with Gasteiger partial charge in [-0.1, -0.05) is 56.4 Å². The summed E-state index contributed by atoms with van der Waals surface area (Å²) in [5, 5.41) is 0. The summed E-state index contributed by atoms with van der Waals surface area (Å²) in [4.78, 5) is 0.406. The standard InChI is InChI=1S/C20H33NO2SSi/c1-7-8-20-17(3)18(15-25(4,5)6)13-14-21(20)24(22,23)19-11-9-16(2)10-12-19/h7,9-12,17-18,20H,1,8,13-15H2,2-6H3/t17-,18+,20+/m0/s1. The van der Waals surface area contributed by atoms with Crippen molar-refractivity contribution in [3.05, 3.63) is 42.5 Å². The summed E-state index contributed by atoms with van der Waals surface area (Å²) >= 11 is 0. The van der Waals surface area contributed by atoms with Crippen molar-refractivity contribution in [1.82, 2.24) is 4.31 Å². The molecule has 3 nitrogen and oxygen atoms in total. The maximum Gasteiger partial charge on any atom is 0.243 e. The van der Waals surface area contributed by atoms with Crippen molar-refractivity contribution in [2.45, 2.75) is 63.3 Å². The van der Waals surface area contributed by atoms with Crippen LogP contribution in [0.4, 0.5) is 0 Å². The minimum atomic E-state index is -3.45. The Morgan fingerprint density at radius 3 is 2.36 bits per heavy atom. The lowest BCUT2D eigenvalue weighted by atomic mass is 9.82. The second-order valence-electron chi connectivity index (χ2n) is 8.69. The lowest BCUT2D eigenvalue weighted by Crippen LogP contribution is -2.51. The van der Waals surface area contributed by atoms with E-state index in [-0.39, 0.29) is 6.04 Å². The second kappa shape index (κ2) is 7.76. The first-order chi connectivity index (χ1) is 11.6. The zero-order chi connectivity index (χ0) is 18.8. The van der Waals surface area contributed by atoms with Crippen molar-refractivity contribution in [2.75, 3.05) is 6.54 Å². The Hall–Kier alpha value is -0.913. The normalized spacial score (nSPS) is 25.7. The first-order valence-electron chi connectivity index (χ1n) is 9.25. The van der Waals surface area contributed by atoms with Gasteiger partial charge in [0.2, 0.25) is 10.0 Å². The molecule has 1 heterocycles. The summed E-state index contributed by atoms with van der Waals surface area (Å²) in [5.74, 6) is 0.972. The maximum atomic E-state index is 13.2. The average molecular weight is 380 g/mol. The van der Waals surface area contributed by atoms with Crippen molar-refractivity contribution in [1.29, 1.82) is 0 Å². The Kier molecular flexibility index (Phi) is 6.34. The van der Waals surface area contributed by atoms with Gasteiger partial charge in [-0.05, 0) is 43.7 Å². The molecule has 25 heavy (non-hydrogen) atoms. The van der Waals surface area contributed by atoms with Crippen LogP contribution in [0.5, 0.6) is 0 Å². The predicted molar refractivity (Wildman–Crippen MR) is 109 cm³/mol. The molecule has 1 saturated heterocycles. The molecule has 0 aromatic heterocycles. The highest BCUT2D eigenvalue weighted by molar-refractivity contribution is 7.89. The third-order valence-corrected chi connectivity index (χ3v) is 9.04. The second-order valence-corrected chi connectivity index (χ2v) is 16.1. The Balaban J connectivity index is 2.31.